The zero-order chi connectivity index (χ0) is 10.8. The number of amides is 1. The molecule has 0 aliphatic carbocycles. The van der Waals surface area contributed by atoms with Gasteiger partial charge in [0, 0.05) is 33.2 Å². The molecule has 0 atom stereocenters. The summed E-state index contributed by atoms with van der Waals surface area (Å²) < 4.78 is 1.54. The van der Waals surface area contributed by atoms with Crippen molar-refractivity contribution in [1.82, 2.24) is 24.8 Å². The van der Waals surface area contributed by atoms with E-state index in [0.29, 0.717) is 5.69 Å². The summed E-state index contributed by atoms with van der Waals surface area (Å²) >= 11 is 0. The molecule has 1 aromatic heterocycles. The first kappa shape index (κ1) is 10.1. The molecule has 1 amide bonds. The van der Waals surface area contributed by atoms with Gasteiger partial charge in [-0.1, -0.05) is 5.21 Å². The van der Waals surface area contributed by atoms with Crippen molar-refractivity contribution in [3.05, 3.63) is 11.9 Å². The molecule has 0 unspecified atom stereocenters. The second-order valence-electron chi connectivity index (χ2n) is 3.87. The van der Waals surface area contributed by atoms with Crippen LogP contribution in [0.25, 0.3) is 0 Å². The van der Waals surface area contributed by atoms with Gasteiger partial charge in [0.2, 0.25) is 0 Å². The topological polar surface area (TPSA) is 54.3 Å². The van der Waals surface area contributed by atoms with Crippen LogP contribution in [-0.2, 0) is 7.05 Å². The fourth-order valence-electron chi connectivity index (χ4n) is 1.62. The smallest absolute Gasteiger partial charge is 0.276 e. The third kappa shape index (κ3) is 2.15. The van der Waals surface area contributed by atoms with Crippen LogP contribution >= 0.6 is 0 Å². The summed E-state index contributed by atoms with van der Waals surface area (Å²) in [7, 11) is 3.82. The van der Waals surface area contributed by atoms with Gasteiger partial charge in [-0.05, 0) is 7.05 Å². The van der Waals surface area contributed by atoms with Gasteiger partial charge in [0.25, 0.3) is 5.91 Å². The predicted molar refractivity (Wildman–Crippen MR) is 54.4 cm³/mol. The van der Waals surface area contributed by atoms with Crippen LogP contribution in [0.15, 0.2) is 6.20 Å². The van der Waals surface area contributed by atoms with Crippen LogP contribution in [0.1, 0.15) is 10.5 Å². The van der Waals surface area contributed by atoms with E-state index in [0.717, 1.165) is 26.2 Å². The standard InChI is InChI=1S/C9H15N5O/c1-12-3-5-14(6-4-12)9(15)8-7-13(2)11-10-8/h7H,3-6H2,1-2H3. The Hall–Kier alpha value is -1.43. The Kier molecular flexibility index (Phi) is 2.68. The summed E-state index contributed by atoms with van der Waals surface area (Å²) in [6.07, 6.45) is 1.65. The van der Waals surface area contributed by atoms with Crippen LogP contribution in [0.5, 0.6) is 0 Å². The molecule has 0 bridgehead atoms. The quantitative estimate of drug-likeness (QED) is 0.608. The molecule has 6 heteroatoms. The highest BCUT2D eigenvalue weighted by Crippen LogP contribution is 2.04. The van der Waals surface area contributed by atoms with Gasteiger partial charge < -0.3 is 9.80 Å². The fraction of sp³-hybridized carbons (Fsp3) is 0.667. The van der Waals surface area contributed by atoms with Gasteiger partial charge in [-0.15, -0.1) is 5.10 Å². The molecule has 82 valence electrons. The molecule has 0 aromatic carbocycles. The Labute approximate surface area is 88.5 Å². The maximum atomic E-state index is 11.9. The first-order valence-corrected chi connectivity index (χ1v) is 5.01. The van der Waals surface area contributed by atoms with E-state index in [-0.39, 0.29) is 5.91 Å². The minimum Gasteiger partial charge on any atom is -0.335 e. The lowest BCUT2D eigenvalue weighted by Gasteiger charge is -2.31. The Morgan fingerprint density at radius 2 is 1.93 bits per heavy atom. The molecule has 6 nitrogen and oxygen atoms in total. The van der Waals surface area contributed by atoms with Crippen molar-refractivity contribution in [3.63, 3.8) is 0 Å². The molecule has 1 saturated heterocycles. The zero-order valence-corrected chi connectivity index (χ0v) is 9.05. The monoisotopic (exact) mass is 209 g/mol. The molecule has 15 heavy (non-hydrogen) atoms. The number of carbonyl (C=O) groups excluding carboxylic acids is 1. The van der Waals surface area contributed by atoms with E-state index in [4.69, 9.17) is 0 Å². The second-order valence-corrected chi connectivity index (χ2v) is 3.87. The third-order valence-electron chi connectivity index (χ3n) is 2.61. The van der Waals surface area contributed by atoms with E-state index >= 15 is 0 Å². The van der Waals surface area contributed by atoms with Crippen molar-refractivity contribution < 1.29 is 4.79 Å². The maximum Gasteiger partial charge on any atom is 0.276 e. The van der Waals surface area contributed by atoms with Gasteiger partial charge in [-0.2, -0.15) is 0 Å². The van der Waals surface area contributed by atoms with Gasteiger partial charge in [0.1, 0.15) is 0 Å². The van der Waals surface area contributed by atoms with E-state index in [1.165, 1.54) is 0 Å². The lowest BCUT2D eigenvalue weighted by Crippen LogP contribution is -2.47. The SMILES string of the molecule is CN1CCN(C(=O)c2cn(C)nn2)CC1. The van der Waals surface area contributed by atoms with Gasteiger partial charge in [-0.25, -0.2) is 0 Å². The van der Waals surface area contributed by atoms with Crippen molar-refractivity contribution in [1.29, 1.82) is 0 Å². The first-order chi connectivity index (χ1) is 7.16. The number of hydrogen-bond donors (Lipinski definition) is 0. The van der Waals surface area contributed by atoms with Crippen molar-refractivity contribution >= 4 is 5.91 Å². The summed E-state index contributed by atoms with van der Waals surface area (Å²) in [5.41, 5.74) is 0.432. The maximum absolute atomic E-state index is 11.9. The van der Waals surface area contributed by atoms with E-state index < -0.39 is 0 Å². The molecule has 1 aliphatic rings. The zero-order valence-electron chi connectivity index (χ0n) is 9.05. The first-order valence-electron chi connectivity index (χ1n) is 5.01. The molecule has 1 fully saturated rings. The highest BCUT2D eigenvalue weighted by atomic mass is 16.2. The Morgan fingerprint density at radius 1 is 1.27 bits per heavy atom. The molecule has 0 N–H and O–H groups in total. The minimum absolute atomic E-state index is 0.0174. The van der Waals surface area contributed by atoms with Gasteiger partial charge in [-0.3, -0.25) is 9.48 Å². The molecular weight excluding hydrogens is 194 g/mol. The van der Waals surface area contributed by atoms with Gasteiger partial charge >= 0.3 is 0 Å². The van der Waals surface area contributed by atoms with Gasteiger partial charge in [0.15, 0.2) is 5.69 Å². The van der Waals surface area contributed by atoms with E-state index in [1.54, 1.807) is 17.9 Å². The van der Waals surface area contributed by atoms with E-state index in [2.05, 4.69) is 22.3 Å². The van der Waals surface area contributed by atoms with Crippen LogP contribution in [-0.4, -0.2) is 63.9 Å². The van der Waals surface area contributed by atoms with Crippen LogP contribution in [0, 0.1) is 0 Å². The number of aryl methyl sites for hydroxylation is 1. The molecule has 0 saturated carbocycles. The highest BCUT2D eigenvalue weighted by Gasteiger charge is 2.22. The number of likely N-dealkylation sites (N-methyl/N-ethyl adjacent to an activating group) is 1. The van der Waals surface area contributed by atoms with Crippen LogP contribution in [0.2, 0.25) is 0 Å². The summed E-state index contributed by atoms with van der Waals surface area (Å²) in [5.74, 6) is -0.0174. The number of carbonyl (C=O) groups is 1. The average molecular weight is 209 g/mol. The summed E-state index contributed by atoms with van der Waals surface area (Å²) in [6.45, 7) is 3.38. The lowest BCUT2D eigenvalue weighted by atomic mass is 10.3. The van der Waals surface area contributed by atoms with E-state index in [1.807, 2.05) is 4.90 Å². The Bertz CT molecular complexity index is 353. The summed E-state index contributed by atoms with van der Waals surface area (Å²) in [6, 6.07) is 0. The number of nitrogens with zero attached hydrogens (tertiary/aromatic N) is 5. The van der Waals surface area contributed by atoms with Crippen LogP contribution < -0.4 is 0 Å². The Morgan fingerprint density at radius 3 is 2.47 bits per heavy atom. The number of piperazine rings is 1. The lowest BCUT2D eigenvalue weighted by molar-refractivity contribution is 0.0658. The predicted octanol–water partition coefficient (Wildman–Crippen LogP) is -0.797. The molecule has 0 radical (unpaired) electrons. The highest BCUT2D eigenvalue weighted by molar-refractivity contribution is 5.92. The molecule has 1 aliphatic heterocycles. The summed E-state index contributed by atoms with van der Waals surface area (Å²) in [4.78, 5) is 15.9. The largest absolute Gasteiger partial charge is 0.335 e. The summed E-state index contributed by atoms with van der Waals surface area (Å²) in [5, 5.41) is 7.57. The van der Waals surface area contributed by atoms with Crippen molar-refractivity contribution in [2.75, 3.05) is 33.2 Å². The molecular formula is C9H15N5O. The fourth-order valence-corrected chi connectivity index (χ4v) is 1.62. The number of rotatable bonds is 1. The molecule has 1 aromatic rings. The number of hydrogen-bond acceptors (Lipinski definition) is 4. The Balaban J connectivity index is 2.02. The molecule has 2 rings (SSSR count). The van der Waals surface area contributed by atoms with Crippen molar-refractivity contribution in [2.45, 2.75) is 0 Å². The minimum atomic E-state index is -0.0174. The van der Waals surface area contributed by atoms with Crippen LogP contribution in [0.3, 0.4) is 0 Å². The second kappa shape index (κ2) is 3.98. The van der Waals surface area contributed by atoms with E-state index in [9.17, 15) is 4.79 Å². The third-order valence-corrected chi connectivity index (χ3v) is 2.61. The van der Waals surface area contributed by atoms with Crippen molar-refractivity contribution in [2.24, 2.45) is 7.05 Å². The van der Waals surface area contributed by atoms with Crippen molar-refractivity contribution in [3.8, 4) is 0 Å². The molecule has 0 spiro atoms. The normalized spacial score (nSPS) is 18.1. The molecule has 2 heterocycles. The number of aromatic nitrogens is 3. The van der Waals surface area contributed by atoms with Gasteiger partial charge in [0.05, 0.1) is 6.20 Å². The average Bonchev–Trinajstić information content (AvgIpc) is 2.65. The van der Waals surface area contributed by atoms with Crippen LogP contribution in [0.4, 0.5) is 0 Å².